The number of aromatic nitrogens is 1. The monoisotopic (exact) mass is 284 g/mol. The van der Waals surface area contributed by atoms with Gasteiger partial charge in [0.1, 0.15) is 0 Å². The number of aromatic amines is 1. The molecule has 0 aliphatic carbocycles. The lowest BCUT2D eigenvalue weighted by molar-refractivity contribution is 0.174. The van der Waals surface area contributed by atoms with Gasteiger partial charge >= 0.3 is 4.87 Å². The van der Waals surface area contributed by atoms with E-state index >= 15 is 0 Å². The molecule has 0 aliphatic heterocycles. The SMILES string of the molecule is O=c1[nH]c(CNCC(O)c2ccc(Cl)cc2)cs1. The van der Waals surface area contributed by atoms with Gasteiger partial charge in [-0.2, -0.15) is 0 Å². The molecule has 96 valence electrons. The van der Waals surface area contributed by atoms with Gasteiger partial charge in [-0.15, -0.1) is 0 Å². The van der Waals surface area contributed by atoms with Crippen molar-refractivity contribution in [2.24, 2.45) is 0 Å². The second kappa shape index (κ2) is 6.15. The number of halogens is 1. The van der Waals surface area contributed by atoms with E-state index in [2.05, 4.69) is 10.3 Å². The zero-order chi connectivity index (χ0) is 13.0. The lowest BCUT2D eigenvalue weighted by Crippen LogP contribution is -2.21. The third-order valence-corrected chi connectivity index (χ3v) is 3.45. The number of nitrogens with one attached hydrogen (secondary N) is 2. The predicted octanol–water partition coefficient (Wildman–Crippen LogP) is 1.91. The van der Waals surface area contributed by atoms with Crippen molar-refractivity contribution in [3.05, 3.63) is 55.6 Å². The first-order chi connectivity index (χ1) is 8.65. The Labute approximate surface area is 113 Å². The minimum atomic E-state index is -0.590. The molecule has 1 aromatic carbocycles. The number of thiazole rings is 1. The first-order valence-corrected chi connectivity index (χ1v) is 6.72. The average molecular weight is 285 g/mol. The maximum atomic E-state index is 10.9. The smallest absolute Gasteiger partial charge is 0.304 e. The average Bonchev–Trinajstić information content (AvgIpc) is 2.76. The van der Waals surface area contributed by atoms with Crippen LogP contribution in [0.4, 0.5) is 0 Å². The fraction of sp³-hybridized carbons (Fsp3) is 0.250. The van der Waals surface area contributed by atoms with Crippen molar-refractivity contribution in [1.82, 2.24) is 10.3 Å². The summed E-state index contributed by atoms with van der Waals surface area (Å²) in [5.41, 5.74) is 1.64. The molecule has 0 spiro atoms. The highest BCUT2D eigenvalue weighted by Gasteiger charge is 2.06. The number of benzene rings is 1. The normalized spacial score (nSPS) is 12.6. The molecule has 0 aliphatic rings. The second-order valence-corrected chi connectivity index (χ2v) is 5.15. The van der Waals surface area contributed by atoms with Crippen LogP contribution in [0.5, 0.6) is 0 Å². The maximum Gasteiger partial charge on any atom is 0.304 e. The van der Waals surface area contributed by atoms with Crippen LogP contribution in [-0.4, -0.2) is 16.6 Å². The predicted molar refractivity (Wildman–Crippen MR) is 73.1 cm³/mol. The Bertz CT molecular complexity index is 550. The van der Waals surface area contributed by atoms with Crippen LogP contribution in [0, 0.1) is 0 Å². The summed E-state index contributed by atoms with van der Waals surface area (Å²) in [4.78, 5) is 13.5. The molecule has 3 N–H and O–H groups in total. The van der Waals surface area contributed by atoms with E-state index in [0.717, 1.165) is 22.6 Å². The summed E-state index contributed by atoms with van der Waals surface area (Å²) < 4.78 is 0. The number of aliphatic hydroxyl groups excluding tert-OH is 1. The molecule has 1 aromatic heterocycles. The summed E-state index contributed by atoms with van der Waals surface area (Å²) in [5, 5.41) is 15.4. The van der Waals surface area contributed by atoms with Crippen LogP contribution in [0.25, 0.3) is 0 Å². The van der Waals surface area contributed by atoms with Gasteiger partial charge in [-0.3, -0.25) is 4.79 Å². The molecule has 6 heteroatoms. The molecule has 0 bridgehead atoms. The molecule has 1 heterocycles. The summed E-state index contributed by atoms with van der Waals surface area (Å²) in [6.07, 6.45) is -0.590. The van der Waals surface area contributed by atoms with E-state index in [0.29, 0.717) is 18.1 Å². The van der Waals surface area contributed by atoms with Crippen LogP contribution < -0.4 is 10.2 Å². The van der Waals surface area contributed by atoms with Gasteiger partial charge in [-0.1, -0.05) is 35.1 Å². The van der Waals surface area contributed by atoms with Gasteiger partial charge in [0.05, 0.1) is 6.10 Å². The molecule has 0 amide bonds. The quantitative estimate of drug-likeness (QED) is 0.786. The fourth-order valence-corrected chi connectivity index (χ4v) is 2.25. The Balaban J connectivity index is 1.83. The highest BCUT2D eigenvalue weighted by molar-refractivity contribution is 7.07. The third kappa shape index (κ3) is 3.68. The van der Waals surface area contributed by atoms with E-state index in [1.54, 1.807) is 29.6 Å². The van der Waals surface area contributed by atoms with Crippen molar-refractivity contribution in [1.29, 1.82) is 0 Å². The zero-order valence-electron chi connectivity index (χ0n) is 9.52. The maximum absolute atomic E-state index is 10.9. The van der Waals surface area contributed by atoms with E-state index in [-0.39, 0.29) is 4.87 Å². The first kappa shape index (κ1) is 13.3. The van der Waals surface area contributed by atoms with Crippen molar-refractivity contribution in [3.63, 3.8) is 0 Å². The molecule has 1 atom stereocenters. The van der Waals surface area contributed by atoms with E-state index in [9.17, 15) is 9.90 Å². The number of aliphatic hydroxyl groups is 1. The molecule has 0 radical (unpaired) electrons. The van der Waals surface area contributed by atoms with Crippen LogP contribution in [-0.2, 0) is 6.54 Å². The summed E-state index contributed by atoms with van der Waals surface area (Å²) in [7, 11) is 0. The third-order valence-electron chi connectivity index (χ3n) is 2.48. The van der Waals surface area contributed by atoms with Crippen LogP contribution in [0.1, 0.15) is 17.4 Å². The van der Waals surface area contributed by atoms with Crippen molar-refractivity contribution in [3.8, 4) is 0 Å². The highest BCUT2D eigenvalue weighted by Crippen LogP contribution is 2.15. The molecule has 2 aromatic rings. The van der Waals surface area contributed by atoms with E-state index in [1.165, 1.54) is 0 Å². The van der Waals surface area contributed by atoms with E-state index in [4.69, 9.17) is 11.6 Å². The zero-order valence-corrected chi connectivity index (χ0v) is 11.1. The molecule has 2 rings (SSSR count). The lowest BCUT2D eigenvalue weighted by Gasteiger charge is -2.11. The highest BCUT2D eigenvalue weighted by atomic mass is 35.5. The molecule has 1 unspecified atom stereocenters. The largest absolute Gasteiger partial charge is 0.387 e. The lowest BCUT2D eigenvalue weighted by atomic mass is 10.1. The Morgan fingerprint density at radius 1 is 1.39 bits per heavy atom. The summed E-state index contributed by atoms with van der Waals surface area (Å²) in [5.74, 6) is 0. The van der Waals surface area contributed by atoms with Crippen LogP contribution in [0.2, 0.25) is 5.02 Å². The van der Waals surface area contributed by atoms with Crippen molar-refractivity contribution in [2.45, 2.75) is 12.6 Å². The standard InChI is InChI=1S/C12H13ClN2O2S/c13-9-3-1-8(2-4-9)11(16)6-14-5-10-7-18-12(17)15-10/h1-4,7,11,14,16H,5-6H2,(H,15,17). The number of H-pyrrole nitrogens is 1. The summed E-state index contributed by atoms with van der Waals surface area (Å²) in [6.45, 7) is 0.947. The number of hydrogen-bond acceptors (Lipinski definition) is 4. The molecular weight excluding hydrogens is 272 g/mol. The number of hydrogen-bond donors (Lipinski definition) is 3. The molecular formula is C12H13ClN2O2S. The summed E-state index contributed by atoms with van der Waals surface area (Å²) in [6, 6.07) is 7.08. The van der Waals surface area contributed by atoms with Gasteiger partial charge in [0.2, 0.25) is 0 Å². The Morgan fingerprint density at radius 2 is 2.11 bits per heavy atom. The van der Waals surface area contributed by atoms with E-state index < -0.39 is 6.10 Å². The first-order valence-electron chi connectivity index (χ1n) is 5.46. The Kier molecular flexibility index (Phi) is 4.54. The van der Waals surface area contributed by atoms with Crippen molar-refractivity contribution >= 4 is 22.9 Å². The van der Waals surface area contributed by atoms with Gasteiger partial charge in [-0.05, 0) is 17.7 Å². The number of rotatable bonds is 5. The molecule has 0 fully saturated rings. The molecule has 4 nitrogen and oxygen atoms in total. The molecule has 0 saturated carbocycles. The van der Waals surface area contributed by atoms with Gasteiger partial charge in [0.25, 0.3) is 0 Å². The summed E-state index contributed by atoms with van der Waals surface area (Å²) >= 11 is 6.91. The van der Waals surface area contributed by atoms with Gasteiger partial charge in [-0.25, -0.2) is 0 Å². The molecule has 18 heavy (non-hydrogen) atoms. The van der Waals surface area contributed by atoms with Gasteiger partial charge in [0, 0.05) is 29.2 Å². The minimum Gasteiger partial charge on any atom is -0.387 e. The second-order valence-electron chi connectivity index (χ2n) is 3.87. The van der Waals surface area contributed by atoms with Crippen LogP contribution in [0.15, 0.2) is 34.4 Å². The fourth-order valence-electron chi connectivity index (χ4n) is 1.55. The van der Waals surface area contributed by atoms with E-state index in [1.807, 2.05) is 0 Å². The Morgan fingerprint density at radius 3 is 2.72 bits per heavy atom. The van der Waals surface area contributed by atoms with Crippen molar-refractivity contribution < 1.29 is 5.11 Å². The Hall–Kier alpha value is -1.14. The van der Waals surface area contributed by atoms with Crippen LogP contribution >= 0.6 is 22.9 Å². The van der Waals surface area contributed by atoms with Gasteiger partial charge in [0.15, 0.2) is 0 Å². The molecule has 0 saturated heterocycles. The van der Waals surface area contributed by atoms with Gasteiger partial charge < -0.3 is 15.4 Å². The topological polar surface area (TPSA) is 65.1 Å². The minimum absolute atomic E-state index is 0.0648. The van der Waals surface area contributed by atoms with Crippen molar-refractivity contribution in [2.75, 3.05) is 6.54 Å². The van der Waals surface area contributed by atoms with Crippen LogP contribution in [0.3, 0.4) is 0 Å².